The standard InChI is InChI=1S/C12H12O4/c13-9(14)11-4-2-1-3-6-5(4)8(11)12(6,7(3)11)10(15)16/h3-8H,1-2H2,(H,13,14)(H,15,16)/t3-,4+,5-,6-,7+,8+,11-,12+/m1/s1. The molecule has 6 aliphatic rings. The van der Waals surface area contributed by atoms with Crippen LogP contribution in [0, 0.1) is 46.3 Å². The van der Waals surface area contributed by atoms with Gasteiger partial charge in [0.15, 0.2) is 0 Å². The predicted octanol–water partition coefficient (Wildman–Crippen LogP) is 0.674. The van der Waals surface area contributed by atoms with Gasteiger partial charge < -0.3 is 10.2 Å². The van der Waals surface area contributed by atoms with E-state index in [1.54, 1.807) is 0 Å². The zero-order chi connectivity index (χ0) is 11.0. The smallest absolute Gasteiger partial charge is 0.310 e. The van der Waals surface area contributed by atoms with Crippen LogP contribution in [0.4, 0.5) is 0 Å². The second-order valence-corrected chi connectivity index (χ2v) is 6.38. The van der Waals surface area contributed by atoms with Crippen LogP contribution in [-0.2, 0) is 9.59 Å². The molecule has 16 heavy (non-hydrogen) atoms. The molecule has 0 saturated heterocycles. The molecule has 2 bridgehead atoms. The van der Waals surface area contributed by atoms with Gasteiger partial charge in [-0.15, -0.1) is 0 Å². The third-order valence-electron chi connectivity index (χ3n) is 6.93. The van der Waals surface area contributed by atoms with Crippen molar-refractivity contribution < 1.29 is 19.8 Å². The van der Waals surface area contributed by atoms with Gasteiger partial charge in [0.1, 0.15) is 0 Å². The van der Waals surface area contributed by atoms with Crippen LogP contribution in [0.25, 0.3) is 0 Å². The van der Waals surface area contributed by atoms with Crippen molar-refractivity contribution >= 4 is 11.9 Å². The molecule has 6 aliphatic carbocycles. The summed E-state index contributed by atoms with van der Waals surface area (Å²) in [5, 5.41) is 18.9. The van der Waals surface area contributed by atoms with E-state index in [-0.39, 0.29) is 11.8 Å². The summed E-state index contributed by atoms with van der Waals surface area (Å²) < 4.78 is 0. The Morgan fingerprint density at radius 2 is 1.69 bits per heavy atom. The number of aliphatic carboxylic acids is 2. The van der Waals surface area contributed by atoms with Crippen LogP contribution in [0.3, 0.4) is 0 Å². The Hall–Kier alpha value is -1.06. The monoisotopic (exact) mass is 220 g/mol. The number of carboxylic acids is 2. The van der Waals surface area contributed by atoms with Crippen LogP contribution in [0.5, 0.6) is 0 Å². The number of hydrogen-bond acceptors (Lipinski definition) is 2. The first kappa shape index (κ1) is 8.09. The molecule has 0 aromatic rings. The average Bonchev–Trinajstić information content (AvgIpc) is 2.14. The van der Waals surface area contributed by atoms with E-state index in [1.165, 1.54) is 0 Å². The van der Waals surface area contributed by atoms with Crippen molar-refractivity contribution in [3.63, 3.8) is 0 Å². The molecule has 6 fully saturated rings. The number of carbonyl (C=O) groups is 2. The molecule has 0 heterocycles. The molecule has 2 N–H and O–H groups in total. The number of rotatable bonds is 2. The van der Waals surface area contributed by atoms with Crippen LogP contribution >= 0.6 is 0 Å². The third kappa shape index (κ3) is 0.356. The Balaban J connectivity index is 1.73. The van der Waals surface area contributed by atoms with Crippen molar-refractivity contribution in [1.82, 2.24) is 0 Å². The Morgan fingerprint density at radius 1 is 1.00 bits per heavy atom. The zero-order valence-corrected chi connectivity index (χ0v) is 8.59. The van der Waals surface area contributed by atoms with Crippen molar-refractivity contribution in [1.29, 1.82) is 0 Å². The topological polar surface area (TPSA) is 74.6 Å². The molecule has 0 aromatic carbocycles. The highest BCUT2D eigenvalue weighted by Gasteiger charge is 3.05. The lowest BCUT2D eigenvalue weighted by Gasteiger charge is -2.99. The molecule has 0 spiro atoms. The van der Waals surface area contributed by atoms with Gasteiger partial charge in [-0.25, -0.2) is 0 Å². The maximum Gasteiger partial charge on any atom is 0.310 e. The number of fused-ring (bicyclic) bond motifs is 1. The van der Waals surface area contributed by atoms with Gasteiger partial charge in [-0.1, -0.05) is 0 Å². The molecule has 0 aromatic heterocycles. The summed E-state index contributed by atoms with van der Waals surface area (Å²) in [6.45, 7) is 0. The molecule has 8 atom stereocenters. The molecule has 0 radical (unpaired) electrons. The number of hydrogen-bond donors (Lipinski definition) is 2. The van der Waals surface area contributed by atoms with Gasteiger partial charge in [0.25, 0.3) is 0 Å². The van der Waals surface area contributed by atoms with E-state index in [0.29, 0.717) is 23.7 Å². The highest BCUT2D eigenvalue weighted by atomic mass is 16.4. The van der Waals surface area contributed by atoms with Gasteiger partial charge in [-0.3, -0.25) is 9.59 Å². The minimum absolute atomic E-state index is 0.00782. The van der Waals surface area contributed by atoms with Crippen LogP contribution in [0.2, 0.25) is 0 Å². The Kier molecular flexibility index (Phi) is 0.865. The fraction of sp³-hybridized carbons (Fsp3) is 0.833. The van der Waals surface area contributed by atoms with Crippen LogP contribution < -0.4 is 0 Å². The van der Waals surface area contributed by atoms with E-state index in [1.807, 2.05) is 0 Å². The fourth-order valence-corrected chi connectivity index (χ4v) is 7.10. The molecule has 0 unspecified atom stereocenters. The van der Waals surface area contributed by atoms with E-state index in [9.17, 15) is 19.8 Å². The lowest BCUT2D eigenvalue weighted by atomic mass is 9.01. The van der Waals surface area contributed by atoms with E-state index >= 15 is 0 Å². The van der Waals surface area contributed by atoms with E-state index < -0.39 is 22.8 Å². The first-order chi connectivity index (χ1) is 7.60. The van der Waals surface area contributed by atoms with Gasteiger partial charge >= 0.3 is 11.9 Å². The minimum Gasteiger partial charge on any atom is -0.481 e. The molecular formula is C12H12O4. The molecule has 84 valence electrons. The van der Waals surface area contributed by atoms with Crippen molar-refractivity contribution in [2.24, 2.45) is 46.3 Å². The molecule has 4 nitrogen and oxygen atoms in total. The van der Waals surface area contributed by atoms with E-state index in [0.717, 1.165) is 12.8 Å². The largest absolute Gasteiger partial charge is 0.481 e. The summed E-state index contributed by atoms with van der Waals surface area (Å²) in [6, 6.07) is 0. The summed E-state index contributed by atoms with van der Waals surface area (Å²) in [6.07, 6.45) is 2.11. The molecule has 4 heteroatoms. The minimum atomic E-state index is -0.711. The van der Waals surface area contributed by atoms with E-state index in [4.69, 9.17) is 0 Å². The van der Waals surface area contributed by atoms with E-state index in [2.05, 4.69) is 0 Å². The fourth-order valence-electron chi connectivity index (χ4n) is 7.10. The first-order valence-corrected chi connectivity index (χ1v) is 6.07. The molecular weight excluding hydrogens is 208 g/mol. The quantitative estimate of drug-likeness (QED) is 0.717. The van der Waals surface area contributed by atoms with Gasteiger partial charge in [0.2, 0.25) is 0 Å². The van der Waals surface area contributed by atoms with Crippen LogP contribution in [0.1, 0.15) is 12.8 Å². The SMILES string of the molecule is O=C(O)[C@]12[C@@H]3[C@H]4CC[C@H]5[C@H]3[C@H]1[C@]5(C(=O)O)[C@H]42. The Morgan fingerprint density at radius 3 is 2.25 bits per heavy atom. The second-order valence-electron chi connectivity index (χ2n) is 6.38. The summed E-state index contributed by atoms with van der Waals surface area (Å²) in [7, 11) is 0. The van der Waals surface area contributed by atoms with Crippen LogP contribution in [0.15, 0.2) is 0 Å². The highest BCUT2D eigenvalue weighted by molar-refractivity contribution is 5.93. The van der Waals surface area contributed by atoms with Crippen molar-refractivity contribution in [3.8, 4) is 0 Å². The maximum atomic E-state index is 11.5. The third-order valence-corrected chi connectivity index (χ3v) is 6.93. The second kappa shape index (κ2) is 1.71. The predicted molar refractivity (Wildman–Crippen MR) is 50.3 cm³/mol. The summed E-state index contributed by atoms with van der Waals surface area (Å²) in [5.74, 6) is 0.0975. The van der Waals surface area contributed by atoms with Gasteiger partial charge in [-0.05, 0) is 48.3 Å². The van der Waals surface area contributed by atoms with Crippen molar-refractivity contribution in [3.05, 3.63) is 0 Å². The molecule has 6 rings (SSSR count). The van der Waals surface area contributed by atoms with Crippen molar-refractivity contribution in [2.75, 3.05) is 0 Å². The summed E-state index contributed by atoms with van der Waals surface area (Å²) in [4.78, 5) is 22.9. The Bertz CT molecular complexity index is 481. The normalized spacial score (nSPS) is 70.2. The summed E-state index contributed by atoms with van der Waals surface area (Å²) in [5.41, 5.74) is -1.18. The van der Waals surface area contributed by atoms with Crippen LogP contribution in [-0.4, -0.2) is 22.2 Å². The average molecular weight is 220 g/mol. The van der Waals surface area contributed by atoms with Crippen molar-refractivity contribution in [2.45, 2.75) is 12.8 Å². The summed E-state index contributed by atoms with van der Waals surface area (Å²) >= 11 is 0. The number of carboxylic acid groups (broad SMARTS) is 2. The molecule has 0 amide bonds. The highest BCUT2D eigenvalue weighted by Crippen LogP contribution is 3.01. The molecule has 0 aliphatic heterocycles. The lowest BCUT2D eigenvalue weighted by molar-refractivity contribution is -0.532. The maximum absolute atomic E-state index is 11.5. The lowest BCUT2D eigenvalue weighted by Crippen LogP contribution is -3.02. The zero-order valence-electron chi connectivity index (χ0n) is 8.59. The Labute approximate surface area is 91.6 Å². The first-order valence-electron chi connectivity index (χ1n) is 6.07. The molecule has 6 saturated carbocycles. The van der Waals surface area contributed by atoms with Gasteiger partial charge in [0.05, 0.1) is 10.8 Å². The van der Waals surface area contributed by atoms with Gasteiger partial charge in [-0.2, -0.15) is 0 Å². The van der Waals surface area contributed by atoms with Gasteiger partial charge in [0, 0.05) is 0 Å².